The van der Waals surface area contributed by atoms with E-state index in [2.05, 4.69) is 13.8 Å². The molecule has 1 aliphatic heterocycles. The average molecular weight is 294 g/mol. The van der Waals surface area contributed by atoms with Crippen molar-refractivity contribution in [2.24, 2.45) is 17.3 Å². The molecule has 2 nitrogen and oxygen atoms in total. The zero-order valence-corrected chi connectivity index (χ0v) is 14.1. The summed E-state index contributed by atoms with van der Waals surface area (Å²) >= 11 is 0. The van der Waals surface area contributed by atoms with Crippen LogP contribution in [-0.2, 0) is 4.74 Å². The Bertz CT molecular complexity index is 328. The highest BCUT2D eigenvalue weighted by Gasteiger charge is 2.42. The lowest BCUT2D eigenvalue weighted by atomic mass is 9.67. The maximum absolute atomic E-state index is 10.9. The van der Waals surface area contributed by atoms with Gasteiger partial charge in [0.15, 0.2) is 0 Å². The van der Waals surface area contributed by atoms with E-state index in [-0.39, 0.29) is 11.7 Å². The Morgan fingerprint density at radius 1 is 0.905 bits per heavy atom. The summed E-state index contributed by atoms with van der Waals surface area (Å²) in [7, 11) is 0. The maximum atomic E-state index is 10.9. The van der Waals surface area contributed by atoms with Crippen molar-refractivity contribution in [3.05, 3.63) is 0 Å². The van der Waals surface area contributed by atoms with Crippen LogP contribution in [0.2, 0.25) is 0 Å². The van der Waals surface area contributed by atoms with E-state index in [1.54, 1.807) is 0 Å². The van der Waals surface area contributed by atoms with Crippen LogP contribution in [0.4, 0.5) is 0 Å². The zero-order chi connectivity index (χ0) is 14.9. The van der Waals surface area contributed by atoms with Gasteiger partial charge in [-0.2, -0.15) is 0 Å². The van der Waals surface area contributed by atoms with Crippen molar-refractivity contribution in [3.63, 3.8) is 0 Å². The van der Waals surface area contributed by atoms with Gasteiger partial charge in [-0.05, 0) is 68.6 Å². The van der Waals surface area contributed by atoms with Crippen LogP contribution in [0.25, 0.3) is 0 Å². The molecular weight excluding hydrogens is 260 g/mol. The largest absolute Gasteiger partial charge is 0.393 e. The van der Waals surface area contributed by atoms with Gasteiger partial charge < -0.3 is 9.84 Å². The van der Waals surface area contributed by atoms with Crippen LogP contribution in [0.5, 0.6) is 0 Å². The highest BCUT2D eigenvalue weighted by atomic mass is 16.5. The summed E-state index contributed by atoms with van der Waals surface area (Å²) in [5.41, 5.74) is 0.632. The van der Waals surface area contributed by atoms with Gasteiger partial charge in [0.25, 0.3) is 0 Å². The third kappa shape index (κ3) is 3.64. The van der Waals surface area contributed by atoms with Gasteiger partial charge >= 0.3 is 0 Å². The molecule has 1 spiro atoms. The number of rotatable bonds is 2. The van der Waals surface area contributed by atoms with Crippen LogP contribution < -0.4 is 0 Å². The molecule has 1 saturated heterocycles. The molecule has 2 heteroatoms. The van der Waals surface area contributed by atoms with Gasteiger partial charge in [0.2, 0.25) is 0 Å². The van der Waals surface area contributed by atoms with Crippen molar-refractivity contribution in [1.82, 2.24) is 0 Å². The Hall–Kier alpha value is -0.0800. The summed E-state index contributed by atoms with van der Waals surface area (Å²) in [5, 5.41) is 10.9. The van der Waals surface area contributed by atoms with Gasteiger partial charge in [0.1, 0.15) is 0 Å². The predicted molar refractivity (Wildman–Crippen MR) is 86.2 cm³/mol. The molecule has 3 rings (SSSR count). The highest BCUT2D eigenvalue weighted by Crippen LogP contribution is 2.45. The Morgan fingerprint density at radius 3 is 2.24 bits per heavy atom. The summed E-state index contributed by atoms with van der Waals surface area (Å²) in [4.78, 5) is 0. The van der Waals surface area contributed by atoms with Crippen molar-refractivity contribution in [3.8, 4) is 0 Å². The van der Waals surface area contributed by atoms with E-state index in [0.717, 1.165) is 19.4 Å². The second-order valence-electron chi connectivity index (χ2n) is 8.84. The average Bonchev–Trinajstić information content (AvgIpc) is 2.47. The fourth-order valence-corrected chi connectivity index (χ4v) is 5.05. The van der Waals surface area contributed by atoms with E-state index < -0.39 is 0 Å². The standard InChI is InChI=1S/C19H34O2/c1-18(2)11-6-15(7-12-18)17(20)16-8-13-21-19(14-16)9-4-3-5-10-19/h15-17,20H,3-14H2,1-2H3. The van der Waals surface area contributed by atoms with E-state index in [9.17, 15) is 5.11 Å². The van der Waals surface area contributed by atoms with Gasteiger partial charge in [-0.1, -0.05) is 33.1 Å². The Morgan fingerprint density at radius 2 is 1.57 bits per heavy atom. The van der Waals surface area contributed by atoms with Crippen molar-refractivity contribution >= 4 is 0 Å². The number of ether oxygens (including phenoxy) is 1. The van der Waals surface area contributed by atoms with Crippen LogP contribution in [-0.4, -0.2) is 23.4 Å². The molecule has 0 radical (unpaired) electrons. The summed E-state index contributed by atoms with van der Waals surface area (Å²) in [6.45, 7) is 5.63. The maximum Gasteiger partial charge on any atom is 0.0686 e. The van der Waals surface area contributed by atoms with Gasteiger partial charge in [0, 0.05) is 6.61 Å². The summed E-state index contributed by atoms with van der Waals surface area (Å²) < 4.78 is 6.20. The highest BCUT2D eigenvalue weighted by molar-refractivity contribution is 4.93. The molecular formula is C19H34O2. The molecule has 1 N–H and O–H groups in total. The molecule has 0 amide bonds. The van der Waals surface area contributed by atoms with Gasteiger partial charge in [-0.15, -0.1) is 0 Å². The minimum atomic E-state index is -0.0798. The van der Waals surface area contributed by atoms with E-state index in [1.165, 1.54) is 57.8 Å². The molecule has 0 aromatic heterocycles. The molecule has 3 fully saturated rings. The smallest absolute Gasteiger partial charge is 0.0686 e. The SMILES string of the molecule is CC1(C)CCC(C(O)C2CCOC3(CCCCC3)C2)CC1. The number of aliphatic hydroxyl groups is 1. The van der Waals surface area contributed by atoms with E-state index >= 15 is 0 Å². The van der Waals surface area contributed by atoms with Crippen LogP contribution in [0, 0.1) is 17.3 Å². The topological polar surface area (TPSA) is 29.5 Å². The normalized spacial score (nSPS) is 34.7. The molecule has 2 atom stereocenters. The van der Waals surface area contributed by atoms with Crippen LogP contribution >= 0.6 is 0 Å². The first-order valence-corrected chi connectivity index (χ1v) is 9.32. The second kappa shape index (κ2) is 6.20. The summed E-state index contributed by atoms with van der Waals surface area (Å²) in [5.74, 6) is 1.03. The van der Waals surface area contributed by atoms with E-state index in [4.69, 9.17) is 4.74 Å². The molecule has 21 heavy (non-hydrogen) atoms. The predicted octanol–water partition coefficient (Wildman–Crippen LogP) is 4.69. The third-order valence-corrected chi connectivity index (χ3v) is 6.65. The van der Waals surface area contributed by atoms with Crippen molar-refractivity contribution < 1.29 is 9.84 Å². The Kier molecular flexibility index (Phi) is 4.66. The van der Waals surface area contributed by atoms with Gasteiger partial charge in [-0.3, -0.25) is 0 Å². The van der Waals surface area contributed by atoms with E-state index in [0.29, 0.717) is 17.3 Å². The molecule has 0 bridgehead atoms. The molecule has 2 saturated carbocycles. The molecule has 2 aliphatic carbocycles. The first-order chi connectivity index (χ1) is 10.00. The number of hydrogen-bond donors (Lipinski definition) is 1. The minimum Gasteiger partial charge on any atom is -0.393 e. The van der Waals surface area contributed by atoms with Crippen molar-refractivity contribution in [2.45, 2.75) is 96.2 Å². The molecule has 3 aliphatic rings. The Labute approximate surface area is 130 Å². The van der Waals surface area contributed by atoms with Gasteiger partial charge in [-0.25, -0.2) is 0 Å². The quantitative estimate of drug-likeness (QED) is 0.800. The Balaban J connectivity index is 1.58. The third-order valence-electron chi connectivity index (χ3n) is 6.65. The van der Waals surface area contributed by atoms with Crippen molar-refractivity contribution in [1.29, 1.82) is 0 Å². The van der Waals surface area contributed by atoms with Crippen LogP contribution in [0.3, 0.4) is 0 Å². The minimum absolute atomic E-state index is 0.0798. The fourth-order valence-electron chi connectivity index (χ4n) is 5.05. The van der Waals surface area contributed by atoms with E-state index in [1.807, 2.05) is 0 Å². The fraction of sp³-hybridized carbons (Fsp3) is 1.00. The molecule has 122 valence electrons. The molecule has 2 unspecified atom stereocenters. The molecule has 0 aromatic carbocycles. The van der Waals surface area contributed by atoms with Gasteiger partial charge in [0.05, 0.1) is 11.7 Å². The number of hydrogen-bond acceptors (Lipinski definition) is 2. The first kappa shape index (κ1) is 15.8. The summed E-state index contributed by atoms with van der Waals surface area (Å²) in [6, 6.07) is 0. The first-order valence-electron chi connectivity index (χ1n) is 9.32. The van der Waals surface area contributed by atoms with Crippen LogP contribution in [0.1, 0.15) is 84.5 Å². The summed E-state index contributed by atoms with van der Waals surface area (Å²) in [6.07, 6.45) is 13.6. The number of aliphatic hydroxyl groups excluding tert-OH is 1. The molecule has 1 heterocycles. The lowest BCUT2D eigenvalue weighted by molar-refractivity contribution is -0.141. The lowest BCUT2D eigenvalue weighted by Crippen LogP contribution is -2.46. The zero-order valence-electron chi connectivity index (χ0n) is 14.1. The second-order valence-corrected chi connectivity index (χ2v) is 8.84. The lowest BCUT2D eigenvalue weighted by Gasteiger charge is -2.46. The van der Waals surface area contributed by atoms with Crippen LogP contribution in [0.15, 0.2) is 0 Å². The molecule has 0 aromatic rings. The monoisotopic (exact) mass is 294 g/mol. The van der Waals surface area contributed by atoms with Crippen molar-refractivity contribution in [2.75, 3.05) is 6.61 Å².